The summed E-state index contributed by atoms with van der Waals surface area (Å²) in [4.78, 5) is 15.1. The molecule has 1 aliphatic rings. The van der Waals surface area contributed by atoms with Gasteiger partial charge in [0, 0.05) is 22.3 Å². The molecule has 0 saturated carbocycles. The molecule has 0 spiro atoms. The molecular formula is C23H20Br2N4O2. The van der Waals surface area contributed by atoms with Gasteiger partial charge in [-0.3, -0.25) is 0 Å². The van der Waals surface area contributed by atoms with Crippen LogP contribution < -0.4 is 9.64 Å². The second kappa shape index (κ2) is 8.26. The standard InChI is InChI=1S/C23H20Br2N4O2/c1-13-6-7-20(26-10-13)29-15(11-30-2)12-31-22-16(4-3-5-19(22)29)23-27-18-9-14(24)8-17(25)21(18)28-23/h3-10,15H,11-12H2,1-2H3,(H,27,28)/t15-/m0/s1. The normalized spacial score (nSPS) is 15.7. The number of pyridine rings is 1. The van der Waals surface area contributed by atoms with Crippen LogP contribution in [0.2, 0.25) is 0 Å². The Morgan fingerprint density at radius 1 is 1.23 bits per heavy atom. The van der Waals surface area contributed by atoms with Crippen LogP contribution in [0, 0.1) is 6.92 Å². The number of hydrogen-bond acceptors (Lipinski definition) is 5. The van der Waals surface area contributed by atoms with Crippen LogP contribution in [0.5, 0.6) is 5.75 Å². The van der Waals surface area contributed by atoms with Gasteiger partial charge in [0.2, 0.25) is 0 Å². The predicted molar refractivity (Wildman–Crippen MR) is 129 cm³/mol. The Kier molecular flexibility index (Phi) is 5.45. The summed E-state index contributed by atoms with van der Waals surface area (Å²) in [7, 11) is 1.71. The number of anilines is 2. The number of nitrogens with one attached hydrogen (secondary N) is 1. The number of halogens is 2. The molecule has 5 rings (SSSR count). The maximum atomic E-state index is 6.27. The lowest BCUT2D eigenvalue weighted by atomic mass is 10.1. The topological polar surface area (TPSA) is 63.3 Å². The van der Waals surface area contributed by atoms with Crippen LogP contribution in [0.25, 0.3) is 22.4 Å². The molecule has 0 amide bonds. The van der Waals surface area contributed by atoms with Crippen molar-refractivity contribution in [3.8, 4) is 17.1 Å². The molecule has 158 valence electrons. The van der Waals surface area contributed by atoms with Crippen LogP contribution in [-0.2, 0) is 4.74 Å². The molecule has 4 aromatic rings. The van der Waals surface area contributed by atoms with Crippen LogP contribution in [-0.4, -0.2) is 41.3 Å². The molecular weight excluding hydrogens is 524 g/mol. The molecule has 31 heavy (non-hydrogen) atoms. The first-order chi connectivity index (χ1) is 15.0. The van der Waals surface area contributed by atoms with Crippen molar-refractivity contribution in [2.75, 3.05) is 25.2 Å². The van der Waals surface area contributed by atoms with E-state index in [0.717, 1.165) is 54.2 Å². The zero-order valence-electron chi connectivity index (χ0n) is 17.0. The quantitative estimate of drug-likeness (QED) is 0.342. The monoisotopic (exact) mass is 542 g/mol. The molecule has 0 aliphatic carbocycles. The lowest BCUT2D eigenvalue weighted by Gasteiger charge is -2.38. The minimum Gasteiger partial charge on any atom is -0.488 e. The third-order valence-electron chi connectivity index (χ3n) is 5.30. The summed E-state index contributed by atoms with van der Waals surface area (Å²) in [6.45, 7) is 3.06. The number of para-hydroxylation sites is 1. The molecule has 0 saturated heterocycles. The third kappa shape index (κ3) is 3.73. The molecule has 2 aromatic heterocycles. The van der Waals surface area contributed by atoms with Gasteiger partial charge in [-0.15, -0.1) is 0 Å². The second-order valence-electron chi connectivity index (χ2n) is 7.51. The van der Waals surface area contributed by atoms with Gasteiger partial charge in [0.25, 0.3) is 0 Å². The van der Waals surface area contributed by atoms with Crippen molar-refractivity contribution >= 4 is 54.4 Å². The van der Waals surface area contributed by atoms with Gasteiger partial charge in [-0.2, -0.15) is 0 Å². The largest absolute Gasteiger partial charge is 0.488 e. The van der Waals surface area contributed by atoms with Gasteiger partial charge in [0.05, 0.1) is 29.4 Å². The van der Waals surface area contributed by atoms with E-state index in [1.807, 2.05) is 43.5 Å². The van der Waals surface area contributed by atoms with E-state index in [9.17, 15) is 0 Å². The summed E-state index contributed by atoms with van der Waals surface area (Å²) in [5, 5.41) is 0. The number of imidazole rings is 1. The van der Waals surface area contributed by atoms with Crippen molar-refractivity contribution in [1.82, 2.24) is 15.0 Å². The Bertz CT molecular complexity index is 1260. The van der Waals surface area contributed by atoms with Crippen molar-refractivity contribution in [2.24, 2.45) is 0 Å². The van der Waals surface area contributed by atoms with Gasteiger partial charge in [-0.05, 0) is 58.7 Å². The minimum absolute atomic E-state index is 0.0173. The van der Waals surface area contributed by atoms with E-state index < -0.39 is 0 Å². The van der Waals surface area contributed by atoms with E-state index in [1.165, 1.54) is 0 Å². The molecule has 1 N–H and O–H groups in total. The highest BCUT2D eigenvalue weighted by atomic mass is 79.9. The number of aromatic nitrogens is 3. The molecule has 6 nitrogen and oxygen atoms in total. The Hall–Kier alpha value is -2.42. The van der Waals surface area contributed by atoms with Crippen LogP contribution in [0.15, 0.2) is 57.6 Å². The first-order valence-electron chi connectivity index (χ1n) is 9.87. The molecule has 0 unspecified atom stereocenters. The number of benzene rings is 2. The van der Waals surface area contributed by atoms with Crippen LogP contribution >= 0.6 is 31.9 Å². The predicted octanol–water partition coefficient (Wildman–Crippen LogP) is 6.00. The maximum absolute atomic E-state index is 6.27. The number of aryl methyl sites for hydroxylation is 1. The minimum atomic E-state index is 0.0173. The van der Waals surface area contributed by atoms with Crippen molar-refractivity contribution in [1.29, 1.82) is 0 Å². The molecule has 0 bridgehead atoms. The first-order valence-corrected chi connectivity index (χ1v) is 11.5. The average molecular weight is 544 g/mol. The van der Waals surface area contributed by atoms with Gasteiger partial charge < -0.3 is 19.4 Å². The van der Waals surface area contributed by atoms with Gasteiger partial charge in [0.1, 0.15) is 23.8 Å². The van der Waals surface area contributed by atoms with Gasteiger partial charge in [0.15, 0.2) is 5.75 Å². The summed E-state index contributed by atoms with van der Waals surface area (Å²) in [5.74, 6) is 2.41. The fourth-order valence-electron chi connectivity index (χ4n) is 3.90. The number of H-pyrrole nitrogens is 1. The van der Waals surface area contributed by atoms with Gasteiger partial charge >= 0.3 is 0 Å². The number of rotatable bonds is 4. The smallest absolute Gasteiger partial charge is 0.154 e. The lowest BCUT2D eigenvalue weighted by molar-refractivity contribution is 0.146. The first kappa shape index (κ1) is 20.5. The Balaban J connectivity index is 1.65. The molecule has 1 atom stereocenters. The number of nitrogens with zero attached hydrogens (tertiary/aromatic N) is 3. The highest BCUT2D eigenvalue weighted by molar-refractivity contribution is 9.11. The van der Waals surface area contributed by atoms with Crippen molar-refractivity contribution in [3.05, 3.63) is 63.2 Å². The number of hydrogen-bond donors (Lipinski definition) is 1. The molecule has 2 aromatic carbocycles. The van der Waals surface area contributed by atoms with Crippen molar-refractivity contribution < 1.29 is 9.47 Å². The maximum Gasteiger partial charge on any atom is 0.154 e. The summed E-state index contributed by atoms with van der Waals surface area (Å²) in [5.41, 5.74) is 4.79. The SMILES string of the molecule is COC[C@H]1COc2c(-c3nc4c(Br)cc(Br)cc4[nH]3)cccc2N1c1ccc(C)cn1. The summed E-state index contributed by atoms with van der Waals surface area (Å²) >= 11 is 7.15. The Morgan fingerprint density at radius 2 is 2.10 bits per heavy atom. The van der Waals surface area contributed by atoms with Crippen LogP contribution in [0.4, 0.5) is 11.5 Å². The van der Waals surface area contributed by atoms with E-state index in [4.69, 9.17) is 14.5 Å². The molecule has 3 heterocycles. The Labute approximate surface area is 196 Å². The van der Waals surface area contributed by atoms with E-state index >= 15 is 0 Å². The van der Waals surface area contributed by atoms with E-state index in [0.29, 0.717) is 13.2 Å². The molecule has 0 radical (unpaired) electrons. The fourth-order valence-corrected chi connectivity index (χ4v) is 5.22. The van der Waals surface area contributed by atoms with Crippen LogP contribution in [0.3, 0.4) is 0 Å². The van der Waals surface area contributed by atoms with Crippen molar-refractivity contribution in [3.63, 3.8) is 0 Å². The number of fused-ring (bicyclic) bond motifs is 2. The van der Waals surface area contributed by atoms with E-state index in [-0.39, 0.29) is 6.04 Å². The Morgan fingerprint density at radius 3 is 2.87 bits per heavy atom. The second-order valence-corrected chi connectivity index (χ2v) is 9.28. The number of methoxy groups -OCH3 is 1. The lowest BCUT2D eigenvalue weighted by Crippen LogP contribution is -2.43. The zero-order chi connectivity index (χ0) is 21.5. The van der Waals surface area contributed by atoms with Gasteiger partial charge in [-0.1, -0.05) is 28.1 Å². The summed E-state index contributed by atoms with van der Waals surface area (Å²) in [6.07, 6.45) is 1.88. The average Bonchev–Trinajstić information content (AvgIpc) is 3.18. The molecule has 1 aliphatic heterocycles. The van der Waals surface area contributed by atoms with Gasteiger partial charge in [-0.25, -0.2) is 9.97 Å². The highest BCUT2D eigenvalue weighted by Gasteiger charge is 2.32. The van der Waals surface area contributed by atoms with E-state index in [2.05, 4.69) is 58.9 Å². The number of ether oxygens (including phenoxy) is 2. The number of aromatic amines is 1. The fraction of sp³-hybridized carbons (Fsp3) is 0.217. The van der Waals surface area contributed by atoms with Crippen LogP contribution in [0.1, 0.15) is 5.56 Å². The summed E-state index contributed by atoms with van der Waals surface area (Å²) in [6, 6.07) is 14.2. The molecule has 8 heteroatoms. The third-order valence-corrected chi connectivity index (χ3v) is 6.36. The van der Waals surface area contributed by atoms with E-state index in [1.54, 1.807) is 7.11 Å². The summed E-state index contributed by atoms with van der Waals surface area (Å²) < 4.78 is 13.6. The zero-order valence-corrected chi connectivity index (χ0v) is 20.2. The highest BCUT2D eigenvalue weighted by Crippen LogP contribution is 2.44. The van der Waals surface area contributed by atoms with Crippen molar-refractivity contribution in [2.45, 2.75) is 13.0 Å². The molecule has 0 fully saturated rings.